The first-order chi connectivity index (χ1) is 9.19. The van der Waals surface area contributed by atoms with Gasteiger partial charge in [0.05, 0.1) is 12.8 Å². The van der Waals surface area contributed by atoms with E-state index in [1.165, 1.54) is 12.1 Å². The van der Waals surface area contributed by atoms with Crippen LogP contribution in [0.4, 0.5) is 4.39 Å². The van der Waals surface area contributed by atoms with E-state index >= 15 is 0 Å². The van der Waals surface area contributed by atoms with E-state index in [1.807, 2.05) is 25.1 Å². The number of ether oxygens (including phenoxy) is 1. The number of aromatic nitrogens is 1. The van der Waals surface area contributed by atoms with Crippen LogP contribution in [0.25, 0.3) is 0 Å². The first kappa shape index (κ1) is 13.5. The van der Waals surface area contributed by atoms with Crippen LogP contribution in [-0.4, -0.2) is 12.1 Å². The van der Waals surface area contributed by atoms with E-state index in [4.69, 9.17) is 4.74 Å². The van der Waals surface area contributed by atoms with Crippen LogP contribution >= 0.6 is 0 Å². The summed E-state index contributed by atoms with van der Waals surface area (Å²) in [7, 11) is 1.60. The number of nitrogens with zero attached hydrogens (tertiary/aromatic N) is 1. The largest absolute Gasteiger partial charge is 0.481 e. The summed E-state index contributed by atoms with van der Waals surface area (Å²) >= 11 is 0. The van der Waals surface area contributed by atoms with Crippen LogP contribution in [0.3, 0.4) is 0 Å². The van der Waals surface area contributed by atoms with E-state index in [2.05, 4.69) is 10.3 Å². The number of halogens is 1. The summed E-state index contributed by atoms with van der Waals surface area (Å²) in [4.78, 5) is 4.33. The molecule has 1 heterocycles. The Morgan fingerprint density at radius 2 is 1.95 bits per heavy atom. The molecule has 2 aromatic rings. The topological polar surface area (TPSA) is 34.1 Å². The monoisotopic (exact) mass is 260 g/mol. The second-order valence-corrected chi connectivity index (χ2v) is 4.33. The molecule has 1 aromatic carbocycles. The molecule has 0 saturated heterocycles. The number of pyridine rings is 1. The molecule has 0 aliphatic carbocycles. The van der Waals surface area contributed by atoms with Gasteiger partial charge in [0.25, 0.3) is 0 Å². The van der Waals surface area contributed by atoms with Crippen LogP contribution in [-0.2, 0) is 6.54 Å². The van der Waals surface area contributed by atoms with Gasteiger partial charge in [-0.3, -0.25) is 0 Å². The van der Waals surface area contributed by atoms with E-state index in [1.54, 1.807) is 19.2 Å². The van der Waals surface area contributed by atoms with Crippen LogP contribution in [0.15, 0.2) is 42.5 Å². The Morgan fingerprint density at radius 3 is 2.63 bits per heavy atom. The second-order valence-electron chi connectivity index (χ2n) is 4.33. The SMILES string of the molecule is COc1cccc(CN[C@H](C)c2ccc(F)cc2)n1. The van der Waals surface area contributed by atoms with Gasteiger partial charge in [-0.1, -0.05) is 18.2 Å². The molecule has 4 heteroatoms. The zero-order chi connectivity index (χ0) is 13.7. The fraction of sp³-hybridized carbons (Fsp3) is 0.267. The predicted octanol–water partition coefficient (Wildman–Crippen LogP) is 3.08. The van der Waals surface area contributed by atoms with Gasteiger partial charge < -0.3 is 10.1 Å². The van der Waals surface area contributed by atoms with Crippen LogP contribution in [0.5, 0.6) is 5.88 Å². The summed E-state index contributed by atoms with van der Waals surface area (Å²) in [6.07, 6.45) is 0. The number of methoxy groups -OCH3 is 1. The van der Waals surface area contributed by atoms with Gasteiger partial charge in [0.2, 0.25) is 5.88 Å². The Hall–Kier alpha value is -1.94. The molecule has 0 fully saturated rings. The number of benzene rings is 1. The van der Waals surface area contributed by atoms with Crippen molar-refractivity contribution < 1.29 is 9.13 Å². The number of nitrogens with one attached hydrogen (secondary N) is 1. The minimum absolute atomic E-state index is 0.133. The molecular weight excluding hydrogens is 243 g/mol. The molecule has 0 unspecified atom stereocenters. The molecule has 0 aliphatic heterocycles. The summed E-state index contributed by atoms with van der Waals surface area (Å²) in [5.74, 6) is 0.388. The van der Waals surface area contributed by atoms with Gasteiger partial charge in [-0.15, -0.1) is 0 Å². The molecule has 0 spiro atoms. The standard InChI is InChI=1S/C15H17FN2O/c1-11(12-6-8-13(16)9-7-12)17-10-14-4-3-5-15(18-14)19-2/h3-9,11,17H,10H2,1-2H3/t11-/m1/s1. The fourth-order valence-corrected chi connectivity index (χ4v) is 1.80. The predicted molar refractivity (Wildman–Crippen MR) is 72.4 cm³/mol. The molecule has 0 aliphatic rings. The molecule has 2 rings (SSSR count). The maximum atomic E-state index is 12.8. The highest BCUT2D eigenvalue weighted by atomic mass is 19.1. The molecule has 0 bridgehead atoms. The molecular formula is C15H17FN2O. The Kier molecular flexibility index (Phi) is 4.47. The maximum Gasteiger partial charge on any atom is 0.213 e. The van der Waals surface area contributed by atoms with Crippen LogP contribution in [0.2, 0.25) is 0 Å². The summed E-state index contributed by atoms with van der Waals surface area (Å²) in [5, 5.41) is 3.35. The van der Waals surface area contributed by atoms with Gasteiger partial charge in [0, 0.05) is 18.7 Å². The van der Waals surface area contributed by atoms with E-state index in [9.17, 15) is 4.39 Å². The quantitative estimate of drug-likeness (QED) is 0.897. The number of hydrogen-bond donors (Lipinski definition) is 1. The van der Waals surface area contributed by atoms with Crippen LogP contribution in [0.1, 0.15) is 24.2 Å². The van der Waals surface area contributed by atoms with Crippen molar-refractivity contribution in [2.75, 3.05) is 7.11 Å². The highest BCUT2D eigenvalue weighted by Gasteiger charge is 2.05. The highest BCUT2D eigenvalue weighted by molar-refractivity contribution is 5.20. The summed E-state index contributed by atoms with van der Waals surface area (Å²) in [6, 6.07) is 12.3. The molecule has 3 nitrogen and oxygen atoms in total. The van der Waals surface area contributed by atoms with Crippen molar-refractivity contribution in [2.24, 2.45) is 0 Å². The summed E-state index contributed by atoms with van der Waals surface area (Å²) in [5.41, 5.74) is 1.96. The summed E-state index contributed by atoms with van der Waals surface area (Å²) in [6.45, 7) is 2.67. The van der Waals surface area contributed by atoms with Gasteiger partial charge in [0.1, 0.15) is 5.82 Å². The Labute approximate surface area is 112 Å². The summed E-state index contributed by atoms with van der Waals surface area (Å²) < 4.78 is 17.9. The Balaban J connectivity index is 1.96. The van der Waals surface area contributed by atoms with Gasteiger partial charge in [-0.2, -0.15) is 0 Å². The first-order valence-corrected chi connectivity index (χ1v) is 6.18. The number of rotatable bonds is 5. The Bertz CT molecular complexity index is 528. The third-order valence-electron chi connectivity index (χ3n) is 2.95. The van der Waals surface area contributed by atoms with E-state index < -0.39 is 0 Å². The fourth-order valence-electron chi connectivity index (χ4n) is 1.80. The minimum Gasteiger partial charge on any atom is -0.481 e. The number of hydrogen-bond acceptors (Lipinski definition) is 3. The third-order valence-corrected chi connectivity index (χ3v) is 2.95. The lowest BCUT2D eigenvalue weighted by atomic mass is 10.1. The maximum absolute atomic E-state index is 12.8. The zero-order valence-electron chi connectivity index (χ0n) is 11.1. The van der Waals surface area contributed by atoms with Crippen molar-refractivity contribution in [3.63, 3.8) is 0 Å². The van der Waals surface area contributed by atoms with Crippen molar-refractivity contribution in [3.05, 3.63) is 59.5 Å². The average Bonchev–Trinajstić information content (AvgIpc) is 2.46. The van der Waals surface area contributed by atoms with Gasteiger partial charge >= 0.3 is 0 Å². The normalized spacial score (nSPS) is 12.2. The van der Waals surface area contributed by atoms with Crippen molar-refractivity contribution in [1.82, 2.24) is 10.3 Å². The third kappa shape index (κ3) is 3.76. The Morgan fingerprint density at radius 1 is 1.21 bits per heavy atom. The van der Waals surface area contributed by atoms with E-state index in [-0.39, 0.29) is 11.9 Å². The lowest BCUT2D eigenvalue weighted by molar-refractivity contribution is 0.395. The molecule has 0 saturated carbocycles. The zero-order valence-corrected chi connectivity index (χ0v) is 11.1. The minimum atomic E-state index is -0.217. The molecule has 0 amide bonds. The van der Waals surface area contributed by atoms with Gasteiger partial charge in [-0.05, 0) is 30.7 Å². The van der Waals surface area contributed by atoms with E-state index in [0.717, 1.165) is 11.3 Å². The lowest BCUT2D eigenvalue weighted by Crippen LogP contribution is -2.18. The van der Waals surface area contributed by atoms with Crippen molar-refractivity contribution in [2.45, 2.75) is 19.5 Å². The average molecular weight is 260 g/mol. The van der Waals surface area contributed by atoms with Crippen LogP contribution in [0, 0.1) is 5.82 Å². The van der Waals surface area contributed by atoms with Crippen molar-refractivity contribution in [3.8, 4) is 5.88 Å². The van der Waals surface area contributed by atoms with Crippen molar-refractivity contribution >= 4 is 0 Å². The molecule has 1 N–H and O–H groups in total. The van der Waals surface area contributed by atoms with Gasteiger partial charge in [-0.25, -0.2) is 9.37 Å². The van der Waals surface area contributed by atoms with Crippen LogP contribution < -0.4 is 10.1 Å². The van der Waals surface area contributed by atoms with E-state index in [0.29, 0.717) is 12.4 Å². The highest BCUT2D eigenvalue weighted by Crippen LogP contribution is 2.14. The first-order valence-electron chi connectivity index (χ1n) is 6.18. The molecule has 0 radical (unpaired) electrons. The molecule has 100 valence electrons. The molecule has 1 atom stereocenters. The second kappa shape index (κ2) is 6.29. The van der Waals surface area contributed by atoms with Crippen molar-refractivity contribution in [1.29, 1.82) is 0 Å². The molecule has 1 aromatic heterocycles. The smallest absolute Gasteiger partial charge is 0.213 e. The van der Waals surface area contributed by atoms with Gasteiger partial charge in [0.15, 0.2) is 0 Å². The molecule has 19 heavy (non-hydrogen) atoms. The lowest BCUT2D eigenvalue weighted by Gasteiger charge is -2.14.